The van der Waals surface area contributed by atoms with Gasteiger partial charge in [-0.05, 0) is 35.4 Å². The molecule has 28 heavy (non-hydrogen) atoms. The summed E-state index contributed by atoms with van der Waals surface area (Å²) in [5.41, 5.74) is 22.5. The fraction of sp³-hybridized carbons (Fsp3) is 0.111. The lowest BCUT2D eigenvalue weighted by molar-refractivity contribution is 0.217. The van der Waals surface area contributed by atoms with Crippen LogP contribution >= 0.6 is 0 Å². The van der Waals surface area contributed by atoms with E-state index in [2.05, 4.69) is 20.4 Å². The average molecular weight is 382 g/mol. The Labute approximate surface area is 162 Å². The number of ether oxygens (including phenoxy) is 2. The van der Waals surface area contributed by atoms with E-state index in [0.717, 1.165) is 11.1 Å². The van der Waals surface area contributed by atoms with Gasteiger partial charge in [0.25, 0.3) is 0 Å². The van der Waals surface area contributed by atoms with Crippen LogP contribution in [0.5, 0.6) is 11.5 Å². The van der Waals surface area contributed by atoms with Gasteiger partial charge in [0.1, 0.15) is 24.7 Å². The van der Waals surface area contributed by atoms with Gasteiger partial charge in [-0.25, -0.2) is 0 Å². The highest BCUT2D eigenvalue weighted by Crippen LogP contribution is 2.14. The number of guanidine groups is 2. The molecule has 0 atom stereocenters. The minimum atomic E-state index is -0.104. The van der Waals surface area contributed by atoms with Crippen LogP contribution in [0.15, 0.2) is 68.9 Å². The van der Waals surface area contributed by atoms with Crippen molar-refractivity contribution in [2.75, 3.05) is 13.2 Å². The van der Waals surface area contributed by atoms with Crippen molar-refractivity contribution in [3.8, 4) is 11.5 Å². The van der Waals surface area contributed by atoms with Gasteiger partial charge in [-0.3, -0.25) is 0 Å². The molecule has 0 spiro atoms. The van der Waals surface area contributed by atoms with Gasteiger partial charge in [0.15, 0.2) is 0 Å². The molecule has 0 bridgehead atoms. The Morgan fingerprint density at radius 2 is 1.14 bits per heavy atom. The summed E-state index contributed by atoms with van der Waals surface area (Å²) in [5, 5.41) is 14.6. The predicted octanol–water partition coefficient (Wildman–Crippen LogP) is 0.359. The van der Waals surface area contributed by atoms with Gasteiger partial charge in [-0.1, -0.05) is 24.3 Å². The largest absolute Gasteiger partial charge is 0.490 e. The third-order valence-corrected chi connectivity index (χ3v) is 3.10. The normalized spacial score (nSPS) is 10.7. The molecule has 0 saturated heterocycles. The van der Waals surface area contributed by atoms with Crippen molar-refractivity contribution in [3.05, 3.63) is 59.7 Å². The van der Waals surface area contributed by atoms with E-state index in [1.165, 1.54) is 12.4 Å². The number of rotatable bonds is 9. The topological polar surface area (TPSA) is 172 Å². The Morgan fingerprint density at radius 1 is 0.714 bits per heavy atom. The summed E-state index contributed by atoms with van der Waals surface area (Å²) in [6, 6.07) is 14.7. The summed E-state index contributed by atoms with van der Waals surface area (Å²) in [6.45, 7) is 0.724. The van der Waals surface area contributed by atoms with Crippen LogP contribution in [0.4, 0.5) is 0 Å². The van der Waals surface area contributed by atoms with Crippen LogP contribution in [0.25, 0.3) is 0 Å². The third-order valence-electron chi connectivity index (χ3n) is 3.10. The predicted molar refractivity (Wildman–Crippen MR) is 111 cm³/mol. The molecule has 0 unspecified atom stereocenters. The molecule has 146 valence electrons. The van der Waals surface area contributed by atoms with Crippen LogP contribution in [0.2, 0.25) is 0 Å². The molecule has 2 aromatic rings. The van der Waals surface area contributed by atoms with Crippen molar-refractivity contribution >= 4 is 24.3 Å². The Morgan fingerprint density at radius 3 is 1.54 bits per heavy atom. The molecule has 10 nitrogen and oxygen atoms in total. The standard InChI is InChI=1S/C18H22N8O2/c19-17(20)25-23-11-13-3-1-5-15(9-13)27-7-8-28-16-6-2-4-14(10-16)12-24-26-18(21)22/h1-6,9-12H,7-8H2,(H4,19,20,25)(H4,21,22,26). The molecule has 0 aromatic heterocycles. The van der Waals surface area contributed by atoms with E-state index in [4.69, 9.17) is 32.4 Å². The van der Waals surface area contributed by atoms with Crippen LogP contribution in [0.3, 0.4) is 0 Å². The lowest BCUT2D eigenvalue weighted by Gasteiger charge is -2.09. The van der Waals surface area contributed by atoms with Crippen LogP contribution < -0.4 is 32.4 Å². The van der Waals surface area contributed by atoms with E-state index in [9.17, 15) is 0 Å². The molecule has 2 rings (SSSR count). The van der Waals surface area contributed by atoms with Crippen molar-refractivity contribution in [3.63, 3.8) is 0 Å². The number of hydrogen-bond acceptors (Lipinski definition) is 6. The molecule has 0 radical (unpaired) electrons. The average Bonchev–Trinajstić information content (AvgIpc) is 2.65. The second-order valence-electron chi connectivity index (χ2n) is 5.38. The van der Waals surface area contributed by atoms with E-state index in [1.54, 1.807) is 0 Å². The van der Waals surface area contributed by atoms with Crippen molar-refractivity contribution in [1.82, 2.24) is 0 Å². The molecule has 0 aliphatic rings. The van der Waals surface area contributed by atoms with Crippen LogP contribution in [0, 0.1) is 0 Å². The molecular formula is C18H22N8O2. The molecule has 0 aliphatic carbocycles. The Bertz CT molecular complexity index is 811. The number of hydrogen-bond donors (Lipinski definition) is 4. The number of nitrogens with zero attached hydrogens (tertiary/aromatic N) is 4. The number of nitrogens with two attached hydrogens (primary N) is 4. The minimum absolute atomic E-state index is 0.104. The van der Waals surface area contributed by atoms with Crippen molar-refractivity contribution < 1.29 is 9.47 Å². The molecule has 10 heteroatoms. The van der Waals surface area contributed by atoms with Crippen LogP contribution in [-0.4, -0.2) is 37.6 Å². The minimum Gasteiger partial charge on any atom is -0.490 e. The first-order valence-corrected chi connectivity index (χ1v) is 8.22. The van der Waals surface area contributed by atoms with Gasteiger partial charge in [0.2, 0.25) is 11.9 Å². The summed E-state index contributed by atoms with van der Waals surface area (Å²) in [5.74, 6) is 1.14. The maximum atomic E-state index is 5.67. The molecule has 0 saturated carbocycles. The van der Waals surface area contributed by atoms with E-state index in [0.29, 0.717) is 24.7 Å². The summed E-state index contributed by atoms with van der Waals surface area (Å²) >= 11 is 0. The Kier molecular flexibility index (Phi) is 7.81. The Balaban J connectivity index is 1.83. The highest BCUT2D eigenvalue weighted by molar-refractivity contribution is 5.82. The Hall–Kier alpha value is -4.08. The first-order valence-electron chi connectivity index (χ1n) is 8.22. The van der Waals surface area contributed by atoms with Gasteiger partial charge in [-0.2, -0.15) is 10.2 Å². The summed E-state index contributed by atoms with van der Waals surface area (Å²) in [6.07, 6.45) is 3.05. The second-order valence-corrected chi connectivity index (χ2v) is 5.38. The highest BCUT2D eigenvalue weighted by atomic mass is 16.5. The summed E-state index contributed by atoms with van der Waals surface area (Å²) in [4.78, 5) is 0. The maximum Gasteiger partial charge on any atom is 0.211 e. The first kappa shape index (κ1) is 20.2. The summed E-state index contributed by atoms with van der Waals surface area (Å²) < 4.78 is 11.3. The lowest BCUT2D eigenvalue weighted by atomic mass is 10.2. The SMILES string of the molecule is NC(N)=NN=Cc1cccc(OCCOc2cccc(C=NN=C(N)N)c2)c1. The molecule has 8 N–H and O–H groups in total. The van der Waals surface area contributed by atoms with E-state index in [-0.39, 0.29) is 11.9 Å². The third kappa shape index (κ3) is 7.87. The van der Waals surface area contributed by atoms with Gasteiger partial charge in [-0.15, -0.1) is 10.2 Å². The van der Waals surface area contributed by atoms with Crippen molar-refractivity contribution in [2.45, 2.75) is 0 Å². The molecule has 0 aliphatic heterocycles. The smallest absolute Gasteiger partial charge is 0.211 e. The zero-order chi connectivity index (χ0) is 20.2. The zero-order valence-corrected chi connectivity index (χ0v) is 15.1. The van der Waals surface area contributed by atoms with Gasteiger partial charge < -0.3 is 32.4 Å². The quantitative estimate of drug-likeness (QED) is 0.211. The van der Waals surface area contributed by atoms with Crippen molar-refractivity contribution in [2.24, 2.45) is 43.3 Å². The van der Waals surface area contributed by atoms with Gasteiger partial charge in [0.05, 0.1) is 12.4 Å². The molecular weight excluding hydrogens is 360 g/mol. The first-order chi connectivity index (χ1) is 13.5. The van der Waals surface area contributed by atoms with Gasteiger partial charge in [0, 0.05) is 0 Å². The fourth-order valence-electron chi connectivity index (χ4n) is 2.01. The molecule has 2 aromatic carbocycles. The molecule has 0 amide bonds. The van der Waals surface area contributed by atoms with Crippen LogP contribution in [0.1, 0.15) is 11.1 Å². The van der Waals surface area contributed by atoms with E-state index < -0.39 is 0 Å². The zero-order valence-electron chi connectivity index (χ0n) is 15.1. The van der Waals surface area contributed by atoms with Crippen molar-refractivity contribution in [1.29, 1.82) is 0 Å². The molecule has 0 fully saturated rings. The van der Waals surface area contributed by atoms with E-state index >= 15 is 0 Å². The summed E-state index contributed by atoms with van der Waals surface area (Å²) in [7, 11) is 0. The fourth-order valence-corrected chi connectivity index (χ4v) is 2.01. The monoisotopic (exact) mass is 382 g/mol. The molecule has 0 heterocycles. The highest BCUT2D eigenvalue weighted by Gasteiger charge is 1.98. The number of benzene rings is 2. The van der Waals surface area contributed by atoms with Crippen LogP contribution in [-0.2, 0) is 0 Å². The van der Waals surface area contributed by atoms with Gasteiger partial charge >= 0.3 is 0 Å². The lowest BCUT2D eigenvalue weighted by Crippen LogP contribution is -2.21. The maximum absolute atomic E-state index is 5.67. The second kappa shape index (κ2) is 10.8. The van der Waals surface area contributed by atoms with E-state index in [1.807, 2.05) is 48.5 Å².